The molecule has 3 rings (SSSR count). The van der Waals surface area contributed by atoms with E-state index in [1.807, 2.05) is 17.5 Å². The largest absolute Gasteiger partial charge is 0.235 e. The summed E-state index contributed by atoms with van der Waals surface area (Å²) in [5.74, 6) is 0. The summed E-state index contributed by atoms with van der Waals surface area (Å²) in [7, 11) is 0. The van der Waals surface area contributed by atoms with Crippen LogP contribution in [0.2, 0.25) is 15.1 Å². The van der Waals surface area contributed by atoms with Gasteiger partial charge in [0.2, 0.25) is 0 Å². The van der Waals surface area contributed by atoms with Crippen LogP contribution in [0.25, 0.3) is 22.9 Å². The van der Waals surface area contributed by atoms with E-state index in [-0.39, 0.29) is 0 Å². The van der Waals surface area contributed by atoms with Crippen LogP contribution in [0.5, 0.6) is 0 Å². The smallest absolute Gasteiger partial charge is 0.134 e. The summed E-state index contributed by atoms with van der Waals surface area (Å²) in [4.78, 5) is 4.54. The van der Waals surface area contributed by atoms with Crippen molar-refractivity contribution in [2.24, 2.45) is 0 Å². The second-order valence-electron chi connectivity index (χ2n) is 4.85. The maximum Gasteiger partial charge on any atom is 0.134 e. The number of aromatic nitrogens is 1. The lowest BCUT2D eigenvalue weighted by atomic mass is 10.1. The number of halogens is 3. The van der Waals surface area contributed by atoms with Gasteiger partial charge in [-0.1, -0.05) is 53.0 Å². The number of nitrogens with zero attached hydrogens (tertiary/aromatic N) is 2. The Hall–Kier alpha value is -1.83. The molecule has 0 radical (unpaired) electrons. The summed E-state index contributed by atoms with van der Waals surface area (Å²) in [6, 6.07) is 14.8. The van der Waals surface area contributed by atoms with Crippen LogP contribution in [-0.4, -0.2) is 4.98 Å². The first-order chi connectivity index (χ1) is 11.6. The zero-order valence-electron chi connectivity index (χ0n) is 12.1. The van der Waals surface area contributed by atoms with Gasteiger partial charge in [0.15, 0.2) is 0 Å². The summed E-state index contributed by atoms with van der Waals surface area (Å²) in [6.07, 6.45) is 1.66. The summed E-state index contributed by atoms with van der Waals surface area (Å²) < 4.78 is 0. The van der Waals surface area contributed by atoms with Crippen molar-refractivity contribution in [1.82, 2.24) is 4.98 Å². The third-order valence-corrected chi connectivity index (χ3v) is 5.07. The molecule has 1 heterocycles. The van der Waals surface area contributed by atoms with Crippen molar-refractivity contribution in [2.45, 2.75) is 0 Å². The molecule has 6 heteroatoms. The minimum atomic E-state index is 0.412. The van der Waals surface area contributed by atoms with Gasteiger partial charge in [-0.2, -0.15) is 5.26 Å². The van der Waals surface area contributed by atoms with Gasteiger partial charge in [-0.25, -0.2) is 4.98 Å². The van der Waals surface area contributed by atoms with E-state index in [4.69, 9.17) is 34.8 Å². The lowest BCUT2D eigenvalue weighted by Gasteiger charge is -2.02. The van der Waals surface area contributed by atoms with Crippen LogP contribution in [0.4, 0.5) is 0 Å². The van der Waals surface area contributed by atoms with Crippen molar-refractivity contribution in [2.75, 3.05) is 0 Å². The van der Waals surface area contributed by atoms with E-state index in [9.17, 15) is 5.26 Å². The molecule has 0 atom stereocenters. The van der Waals surface area contributed by atoms with E-state index in [1.54, 1.807) is 36.4 Å². The number of thiazole rings is 1. The average molecular weight is 392 g/mol. The van der Waals surface area contributed by atoms with Gasteiger partial charge in [0.25, 0.3) is 0 Å². The van der Waals surface area contributed by atoms with E-state index >= 15 is 0 Å². The molecule has 0 aliphatic heterocycles. The summed E-state index contributed by atoms with van der Waals surface area (Å²) in [5, 5.41) is 13.6. The van der Waals surface area contributed by atoms with Crippen LogP contribution >= 0.6 is 46.1 Å². The van der Waals surface area contributed by atoms with E-state index in [1.165, 1.54) is 11.3 Å². The lowest BCUT2D eigenvalue weighted by Crippen LogP contribution is -1.84. The number of allylic oxidation sites excluding steroid dienone is 1. The molecule has 0 bridgehead atoms. The Morgan fingerprint density at radius 1 is 1.04 bits per heavy atom. The Labute approximate surface area is 158 Å². The first-order valence-electron chi connectivity index (χ1n) is 6.86. The van der Waals surface area contributed by atoms with E-state index < -0.39 is 0 Å². The van der Waals surface area contributed by atoms with Crippen LogP contribution in [0.3, 0.4) is 0 Å². The lowest BCUT2D eigenvalue weighted by molar-refractivity contribution is 1.37. The molecule has 0 unspecified atom stereocenters. The average Bonchev–Trinajstić information content (AvgIpc) is 3.05. The zero-order valence-corrected chi connectivity index (χ0v) is 15.2. The van der Waals surface area contributed by atoms with Gasteiger partial charge in [0.05, 0.1) is 11.3 Å². The molecule has 0 aliphatic rings. The molecule has 0 saturated heterocycles. The molecule has 3 aromatic rings. The molecule has 0 amide bonds. The molecule has 2 nitrogen and oxygen atoms in total. The third kappa shape index (κ3) is 3.63. The Kier molecular flexibility index (Phi) is 5.23. The van der Waals surface area contributed by atoms with Crippen molar-refractivity contribution >= 4 is 57.8 Å². The van der Waals surface area contributed by atoms with E-state index in [0.717, 1.165) is 11.3 Å². The maximum atomic E-state index is 9.48. The normalized spacial score (nSPS) is 11.3. The Morgan fingerprint density at radius 3 is 2.33 bits per heavy atom. The second kappa shape index (κ2) is 7.38. The zero-order chi connectivity index (χ0) is 17.1. The standard InChI is InChI=1S/C18H9Cl3N2S/c19-13-6-4-11(5-7-13)17-10-24-18(23-17)12(9-22)8-14-15(20)2-1-3-16(14)21/h1-8,10H. The highest BCUT2D eigenvalue weighted by atomic mass is 35.5. The predicted octanol–water partition coefficient (Wildman–Crippen LogP) is 6.83. The summed E-state index contributed by atoms with van der Waals surface area (Å²) in [6.45, 7) is 0. The van der Waals surface area contributed by atoms with Gasteiger partial charge in [0, 0.05) is 31.6 Å². The van der Waals surface area contributed by atoms with Gasteiger partial charge >= 0.3 is 0 Å². The van der Waals surface area contributed by atoms with Crippen molar-refractivity contribution < 1.29 is 0 Å². The fourth-order valence-corrected chi connectivity index (χ4v) is 3.51. The van der Waals surface area contributed by atoms with E-state index in [0.29, 0.717) is 31.2 Å². The number of rotatable bonds is 3. The van der Waals surface area contributed by atoms with Crippen molar-refractivity contribution in [3.8, 4) is 17.3 Å². The topological polar surface area (TPSA) is 36.7 Å². The van der Waals surface area contributed by atoms with Crippen LogP contribution in [0.1, 0.15) is 10.6 Å². The highest BCUT2D eigenvalue weighted by molar-refractivity contribution is 7.11. The molecule has 2 aromatic carbocycles. The Morgan fingerprint density at radius 2 is 1.71 bits per heavy atom. The second-order valence-corrected chi connectivity index (χ2v) is 6.96. The molecular weight excluding hydrogens is 383 g/mol. The third-order valence-electron chi connectivity index (χ3n) is 3.28. The highest BCUT2D eigenvalue weighted by Crippen LogP contribution is 2.31. The summed E-state index contributed by atoms with van der Waals surface area (Å²) in [5.41, 5.74) is 2.75. The number of hydrogen-bond acceptors (Lipinski definition) is 3. The molecule has 24 heavy (non-hydrogen) atoms. The Balaban J connectivity index is 2.00. The maximum absolute atomic E-state index is 9.48. The fourth-order valence-electron chi connectivity index (χ4n) is 2.09. The van der Waals surface area contributed by atoms with Gasteiger partial charge in [-0.05, 0) is 30.3 Å². The highest BCUT2D eigenvalue weighted by Gasteiger charge is 2.11. The van der Waals surface area contributed by atoms with Crippen molar-refractivity contribution in [3.63, 3.8) is 0 Å². The Bertz CT molecular complexity index is 933. The van der Waals surface area contributed by atoms with Crippen LogP contribution in [0.15, 0.2) is 47.8 Å². The van der Waals surface area contributed by atoms with E-state index in [2.05, 4.69) is 11.1 Å². The molecule has 0 N–H and O–H groups in total. The fraction of sp³-hybridized carbons (Fsp3) is 0. The minimum Gasteiger partial charge on any atom is -0.235 e. The van der Waals surface area contributed by atoms with Crippen molar-refractivity contribution in [1.29, 1.82) is 5.26 Å². The van der Waals surface area contributed by atoms with Gasteiger partial charge in [-0.3, -0.25) is 0 Å². The van der Waals surface area contributed by atoms with Gasteiger partial charge in [-0.15, -0.1) is 11.3 Å². The number of benzene rings is 2. The van der Waals surface area contributed by atoms with Crippen LogP contribution in [0, 0.1) is 11.3 Å². The van der Waals surface area contributed by atoms with Crippen molar-refractivity contribution in [3.05, 3.63) is 73.5 Å². The molecular formula is C18H9Cl3N2S. The first-order valence-corrected chi connectivity index (χ1v) is 8.87. The molecule has 0 fully saturated rings. The molecule has 0 spiro atoms. The minimum absolute atomic E-state index is 0.412. The molecule has 0 aliphatic carbocycles. The summed E-state index contributed by atoms with van der Waals surface area (Å²) >= 11 is 19.6. The van der Waals surface area contributed by atoms with Gasteiger partial charge in [0.1, 0.15) is 11.1 Å². The van der Waals surface area contributed by atoms with Crippen LogP contribution < -0.4 is 0 Å². The first kappa shape index (κ1) is 17.0. The predicted molar refractivity (Wildman–Crippen MR) is 103 cm³/mol. The monoisotopic (exact) mass is 390 g/mol. The van der Waals surface area contributed by atoms with Crippen LogP contribution in [-0.2, 0) is 0 Å². The van der Waals surface area contributed by atoms with Gasteiger partial charge < -0.3 is 0 Å². The number of nitriles is 1. The number of hydrogen-bond donors (Lipinski definition) is 0. The quantitative estimate of drug-likeness (QED) is 0.458. The molecule has 0 saturated carbocycles. The SMILES string of the molecule is N#CC(=Cc1c(Cl)cccc1Cl)c1nc(-c2ccc(Cl)cc2)cs1. The molecule has 1 aromatic heterocycles. The molecule has 118 valence electrons.